The van der Waals surface area contributed by atoms with Gasteiger partial charge in [-0.1, -0.05) is 18.6 Å². The van der Waals surface area contributed by atoms with Crippen molar-refractivity contribution in [1.29, 1.82) is 0 Å². The first-order valence-electron chi connectivity index (χ1n) is 4.98. The summed E-state index contributed by atoms with van der Waals surface area (Å²) in [6.45, 7) is 4.49. The van der Waals surface area contributed by atoms with E-state index in [2.05, 4.69) is 17.2 Å². The van der Waals surface area contributed by atoms with Gasteiger partial charge in [-0.15, -0.1) is 5.10 Å². The molecule has 0 radical (unpaired) electrons. The third kappa shape index (κ3) is 2.10. The number of aliphatic hydroxyl groups is 1. The average molecular weight is 198 g/mol. The molecule has 0 fully saturated rings. The molecule has 1 heterocycles. The Hall–Kier alpha value is -0.940. The van der Waals surface area contributed by atoms with Gasteiger partial charge in [0.1, 0.15) is 0 Å². The first-order valence-corrected chi connectivity index (χ1v) is 4.98. The third-order valence-corrected chi connectivity index (χ3v) is 2.23. The fraction of sp³-hybridized carbons (Fsp3) is 0.778. The quantitative estimate of drug-likeness (QED) is 0.710. The number of rotatable bonds is 5. The first kappa shape index (κ1) is 11.1. The van der Waals surface area contributed by atoms with E-state index < -0.39 is 0 Å². The zero-order valence-corrected chi connectivity index (χ0v) is 8.77. The van der Waals surface area contributed by atoms with Gasteiger partial charge in [0.05, 0.1) is 24.0 Å². The molecule has 80 valence electrons. The Morgan fingerprint density at radius 3 is 2.79 bits per heavy atom. The maximum absolute atomic E-state index is 9.04. The van der Waals surface area contributed by atoms with Crippen molar-refractivity contribution >= 4 is 0 Å². The first-order chi connectivity index (χ1) is 6.74. The monoisotopic (exact) mass is 198 g/mol. The largest absolute Gasteiger partial charge is 0.394 e. The van der Waals surface area contributed by atoms with Crippen molar-refractivity contribution in [2.45, 2.75) is 39.3 Å². The number of nitrogens with zero attached hydrogens (tertiary/aromatic N) is 3. The normalized spacial score (nSPS) is 13.1. The molecule has 1 unspecified atom stereocenters. The number of hydrogen-bond acceptors (Lipinski definition) is 4. The maximum Gasteiger partial charge on any atom is 0.0994 e. The lowest BCUT2D eigenvalue weighted by Crippen LogP contribution is -2.15. The van der Waals surface area contributed by atoms with Crippen LogP contribution in [0.25, 0.3) is 0 Å². The molecule has 0 bridgehead atoms. The predicted octanol–water partition coefficient (Wildman–Crippen LogP) is 0.243. The van der Waals surface area contributed by atoms with Crippen molar-refractivity contribution in [3.8, 4) is 0 Å². The van der Waals surface area contributed by atoms with Crippen LogP contribution in [0.2, 0.25) is 0 Å². The van der Waals surface area contributed by atoms with Gasteiger partial charge >= 0.3 is 0 Å². The molecule has 0 aromatic carbocycles. The minimum Gasteiger partial charge on any atom is -0.394 e. The van der Waals surface area contributed by atoms with Gasteiger partial charge in [-0.25, -0.2) is 4.68 Å². The summed E-state index contributed by atoms with van der Waals surface area (Å²) >= 11 is 0. The van der Waals surface area contributed by atoms with Gasteiger partial charge in [-0.3, -0.25) is 0 Å². The van der Waals surface area contributed by atoms with Crippen LogP contribution in [0.15, 0.2) is 0 Å². The van der Waals surface area contributed by atoms with Crippen LogP contribution in [0.5, 0.6) is 0 Å². The van der Waals surface area contributed by atoms with Gasteiger partial charge in [-0.05, 0) is 13.3 Å². The van der Waals surface area contributed by atoms with Gasteiger partial charge in [0, 0.05) is 6.54 Å². The lowest BCUT2D eigenvalue weighted by atomic mass is 10.2. The van der Waals surface area contributed by atoms with Crippen LogP contribution in [0.4, 0.5) is 0 Å². The van der Waals surface area contributed by atoms with E-state index in [0.29, 0.717) is 6.54 Å². The van der Waals surface area contributed by atoms with Crippen LogP contribution in [0.3, 0.4) is 0 Å². The molecule has 5 heteroatoms. The standard InChI is InChI=1S/C9H18N4O/c1-3-4-9-8(5-10)11-12-13(9)7(2)6-14/h7,14H,3-6,10H2,1-2H3. The third-order valence-electron chi connectivity index (χ3n) is 2.23. The fourth-order valence-corrected chi connectivity index (χ4v) is 1.43. The van der Waals surface area contributed by atoms with E-state index in [1.807, 2.05) is 6.92 Å². The Balaban J connectivity index is 2.97. The highest BCUT2D eigenvalue weighted by molar-refractivity contribution is 5.10. The summed E-state index contributed by atoms with van der Waals surface area (Å²) in [7, 11) is 0. The van der Waals surface area contributed by atoms with Gasteiger partial charge < -0.3 is 10.8 Å². The van der Waals surface area contributed by atoms with E-state index in [1.54, 1.807) is 4.68 Å². The fourth-order valence-electron chi connectivity index (χ4n) is 1.43. The molecule has 1 rings (SSSR count). The summed E-state index contributed by atoms with van der Waals surface area (Å²) in [6, 6.07) is -0.0238. The second-order valence-corrected chi connectivity index (χ2v) is 3.41. The van der Waals surface area contributed by atoms with Gasteiger partial charge in [0.2, 0.25) is 0 Å². The van der Waals surface area contributed by atoms with Crippen LogP contribution >= 0.6 is 0 Å². The molecule has 3 N–H and O–H groups in total. The molecule has 5 nitrogen and oxygen atoms in total. The molecule has 0 aliphatic carbocycles. The smallest absolute Gasteiger partial charge is 0.0994 e. The summed E-state index contributed by atoms with van der Waals surface area (Å²) in [5.74, 6) is 0. The molecular formula is C9H18N4O. The van der Waals surface area contributed by atoms with Crippen LogP contribution in [-0.4, -0.2) is 26.7 Å². The summed E-state index contributed by atoms with van der Waals surface area (Å²) in [4.78, 5) is 0. The summed E-state index contributed by atoms with van der Waals surface area (Å²) < 4.78 is 1.77. The molecule has 1 atom stereocenters. The van der Waals surface area contributed by atoms with Gasteiger partial charge in [0.15, 0.2) is 0 Å². The number of hydrogen-bond donors (Lipinski definition) is 2. The zero-order chi connectivity index (χ0) is 10.6. The van der Waals surface area contributed by atoms with Crippen LogP contribution in [0, 0.1) is 0 Å². The van der Waals surface area contributed by atoms with E-state index in [1.165, 1.54) is 0 Å². The molecule has 0 saturated heterocycles. The van der Waals surface area contributed by atoms with Gasteiger partial charge in [-0.2, -0.15) is 0 Å². The van der Waals surface area contributed by atoms with E-state index in [0.717, 1.165) is 24.2 Å². The van der Waals surface area contributed by atoms with Crippen molar-refractivity contribution in [1.82, 2.24) is 15.0 Å². The lowest BCUT2D eigenvalue weighted by Gasteiger charge is -2.11. The Morgan fingerprint density at radius 2 is 2.29 bits per heavy atom. The van der Waals surface area contributed by atoms with E-state index in [9.17, 15) is 0 Å². The SMILES string of the molecule is CCCc1c(CN)nnn1C(C)CO. The zero-order valence-electron chi connectivity index (χ0n) is 8.77. The van der Waals surface area contributed by atoms with Crippen molar-refractivity contribution in [2.24, 2.45) is 5.73 Å². The van der Waals surface area contributed by atoms with Crippen LogP contribution in [-0.2, 0) is 13.0 Å². The Bertz CT molecular complexity index is 284. The molecule has 0 aliphatic heterocycles. The second-order valence-electron chi connectivity index (χ2n) is 3.41. The molecular weight excluding hydrogens is 180 g/mol. The molecule has 0 spiro atoms. The van der Waals surface area contributed by atoms with E-state index in [-0.39, 0.29) is 12.6 Å². The van der Waals surface area contributed by atoms with Crippen LogP contribution < -0.4 is 5.73 Å². The van der Waals surface area contributed by atoms with E-state index in [4.69, 9.17) is 10.8 Å². The second kappa shape index (κ2) is 5.07. The number of nitrogens with two attached hydrogens (primary N) is 1. The van der Waals surface area contributed by atoms with Crippen LogP contribution in [0.1, 0.15) is 37.7 Å². The molecule has 0 saturated carbocycles. The Kier molecular flexibility index (Phi) is 4.03. The number of aromatic nitrogens is 3. The summed E-state index contributed by atoms with van der Waals surface area (Å²) in [5.41, 5.74) is 7.45. The minimum absolute atomic E-state index is 0.0238. The van der Waals surface area contributed by atoms with Crippen molar-refractivity contribution in [3.63, 3.8) is 0 Å². The molecule has 0 aliphatic rings. The van der Waals surface area contributed by atoms with Gasteiger partial charge in [0.25, 0.3) is 0 Å². The summed E-state index contributed by atoms with van der Waals surface area (Å²) in [5, 5.41) is 17.0. The minimum atomic E-state index is -0.0238. The highest BCUT2D eigenvalue weighted by Crippen LogP contribution is 2.13. The maximum atomic E-state index is 9.04. The molecule has 1 aromatic heterocycles. The van der Waals surface area contributed by atoms with Crippen molar-refractivity contribution in [3.05, 3.63) is 11.4 Å². The molecule has 1 aromatic rings. The average Bonchev–Trinajstić information content (AvgIpc) is 2.60. The Morgan fingerprint density at radius 1 is 1.57 bits per heavy atom. The molecule has 0 amide bonds. The topological polar surface area (TPSA) is 77.0 Å². The Labute approximate surface area is 83.9 Å². The van der Waals surface area contributed by atoms with E-state index >= 15 is 0 Å². The molecule has 14 heavy (non-hydrogen) atoms. The highest BCUT2D eigenvalue weighted by atomic mass is 16.3. The van der Waals surface area contributed by atoms with Crippen molar-refractivity contribution in [2.75, 3.05) is 6.61 Å². The lowest BCUT2D eigenvalue weighted by molar-refractivity contribution is 0.225. The predicted molar refractivity (Wildman–Crippen MR) is 53.7 cm³/mol. The highest BCUT2D eigenvalue weighted by Gasteiger charge is 2.14. The summed E-state index contributed by atoms with van der Waals surface area (Å²) in [6.07, 6.45) is 1.93. The van der Waals surface area contributed by atoms with Crippen molar-refractivity contribution < 1.29 is 5.11 Å². The number of aliphatic hydroxyl groups excluding tert-OH is 1.